The lowest BCUT2D eigenvalue weighted by Crippen LogP contribution is -2.49. The fraction of sp³-hybridized carbons (Fsp3) is 0.409. The van der Waals surface area contributed by atoms with Gasteiger partial charge in [0.1, 0.15) is 0 Å². The van der Waals surface area contributed by atoms with Crippen LogP contribution in [-0.2, 0) is 0 Å². The second-order valence-corrected chi connectivity index (χ2v) is 7.37. The summed E-state index contributed by atoms with van der Waals surface area (Å²) in [5, 5.41) is 0.653. The zero-order chi connectivity index (χ0) is 19.4. The number of rotatable bonds is 5. The van der Waals surface area contributed by atoms with Gasteiger partial charge in [0, 0.05) is 61.2 Å². The van der Waals surface area contributed by atoms with E-state index in [1.807, 2.05) is 4.90 Å². The van der Waals surface area contributed by atoms with Gasteiger partial charge in [-0.05, 0) is 68.8 Å². The average molecular weight is 386 g/mol. The average Bonchev–Trinajstić information content (AvgIpc) is 2.69. The summed E-state index contributed by atoms with van der Waals surface area (Å²) in [4.78, 5) is 19.3. The van der Waals surface area contributed by atoms with Gasteiger partial charge >= 0.3 is 0 Å². The molecule has 1 fully saturated rings. The van der Waals surface area contributed by atoms with E-state index in [-0.39, 0.29) is 5.91 Å². The van der Waals surface area contributed by atoms with Crippen LogP contribution in [0, 0.1) is 6.92 Å². The Hall–Kier alpha value is -2.20. The minimum atomic E-state index is 0.0833. The number of anilines is 2. The molecule has 144 valence electrons. The van der Waals surface area contributed by atoms with Gasteiger partial charge in [0.05, 0.1) is 0 Å². The van der Waals surface area contributed by atoms with Crippen molar-refractivity contribution in [3.05, 3.63) is 58.6 Å². The third-order valence-electron chi connectivity index (χ3n) is 5.31. The fourth-order valence-electron chi connectivity index (χ4n) is 3.71. The molecule has 4 nitrogen and oxygen atoms in total. The first-order valence-electron chi connectivity index (χ1n) is 9.68. The molecule has 0 N–H and O–H groups in total. The van der Waals surface area contributed by atoms with Crippen molar-refractivity contribution >= 4 is 28.9 Å². The molecule has 2 aromatic carbocycles. The summed E-state index contributed by atoms with van der Waals surface area (Å²) < 4.78 is 0. The summed E-state index contributed by atoms with van der Waals surface area (Å²) >= 11 is 5.92. The van der Waals surface area contributed by atoms with Crippen LogP contribution in [0.2, 0.25) is 5.02 Å². The van der Waals surface area contributed by atoms with E-state index in [1.165, 1.54) is 16.9 Å². The number of nitrogens with zero attached hydrogens (tertiary/aromatic N) is 3. The summed E-state index contributed by atoms with van der Waals surface area (Å²) in [7, 11) is 0. The second-order valence-electron chi connectivity index (χ2n) is 6.93. The Kier molecular flexibility index (Phi) is 6.27. The number of amides is 1. The highest BCUT2D eigenvalue weighted by atomic mass is 35.5. The SMILES string of the molecule is CCN(CC)c1ccc(N2CCN(C(=O)c3ccc(Cl)cc3)CC2)c(C)c1. The minimum absolute atomic E-state index is 0.0833. The van der Waals surface area contributed by atoms with Crippen LogP contribution in [0.4, 0.5) is 11.4 Å². The van der Waals surface area contributed by atoms with Crippen molar-refractivity contribution < 1.29 is 4.79 Å². The van der Waals surface area contributed by atoms with E-state index < -0.39 is 0 Å². The Balaban J connectivity index is 1.65. The van der Waals surface area contributed by atoms with Crippen LogP contribution in [-0.4, -0.2) is 50.1 Å². The van der Waals surface area contributed by atoms with Crippen molar-refractivity contribution in [2.75, 3.05) is 49.1 Å². The molecule has 0 spiro atoms. The zero-order valence-electron chi connectivity index (χ0n) is 16.4. The maximum absolute atomic E-state index is 12.7. The van der Waals surface area contributed by atoms with Crippen LogP contribution in [0.1, 0.15) is 29.8 Å². The van der Waals surface area contributed by atoms with E-state index in [9.17, 15) is 4.79 Å². The first-order valence-corrected chi connectivity index (χ1v) is 10.1. The van der Waals surface area contributed by atoms with Gasteiger partial charge in [-0.2, -0.15) is 0 Å². The monoisotopic (exact) mass is 385 g/mol. The number of hydrogen-bond donors (Lipinski definition) is 0. The van der Waals surface area contributed by atoms with Gasteiger partial charge in [-0.25, -0.2) is 0 Å². The molecule has 0 saturated carbocycles. The minimum Gasteiger partial charge on any atom is -0.372 e. The summed E-state index contributed by atoms with van der Waals surface area (Å²) in [6.45, 7) is 11.7. The lowest BCUT2D eigenvalue weighted by atomic mass is 10.1. The molecule has 0 unspecified atom stereocenters. The van der Waals surface area contributed by atoms with Crippen molar-refractivity contribution in [3.63, 3.8) is 0 Å². The van der Waals surface area contributed by atoms with Crippen LogP contribution >= 0.6 is 11.6 Å². The van der Waals surface area contributed by atoms with Gasteiger partial charge in [-0.1, -0.05) is 11.6 Å². The number of carbonyl (C=O) groups is 1. The highest BCUT2D eigenvalue weighted by molar-refractivity contribution is 6.30. The van der Waals surface area contributed by atoms with Crippen LogP contribution in [0.3, 0.4) is 0 Å². The van der Waals surface area contributed by atoms with Gasteiger partial charge in [-0.3, -0.25) is 4.79 Å². The number of carbonyl (C=O) groups excluding carboxylic acids is 1. The maximum atomic E-state index is 12.7. The molecule has 0 radical (unpaired) electrons. The van der Waals surface area contributed by atoms with E-state index in [1.54, 1.807) is 24.3 Å². The van der Waals surface area contributed by atoms with E-state index in [0.29, 0.717) is 10.6 Å². The standard InChI is InChI=1S/C22H28ClN3O/c1-4-24(5-2)20-10-11-21(17(3)16-20)25-12-14-26(15-13-25)22(27)18-6-8-19(23)9-7-18/h6-11,16H,4-5,12-15H2,1-3H3. The molecule has 0 aliphatic carbocycles. The quantitative estimate of drug-likeness (QED) is 0.760. The number of piperazine rings is 1. The summed E-state index contributed by atoms with van der Waals surface area (Å²) in [5.74, 6) is 0.0833. The van der Waals surface area contributed by atoms with E-state index in [0.717, 1.165) is 39.3 Å². The molecule has 5 heteroatoms. The Morgan fingerprint density at radius 1 is 1.00 bits per heavy atom. The molecule has 0 bridgehead atoms. The molecule has 0 atom stereocenters. The smallest absolute Gasteiger partial charge is 0.253 e. The molecule has 0 aromatic heterocycles. The van der Waals surface area contributed by atoms with Crippen LogP contribution in [0.25, 0.3) is 0 Å². The van der Waals surface area contributed by atoms with Crippen molar-refractivity contribution in [1.29, 1.82) is 0 Å². The first-order chi connectivity index (χ1) is 13.0. The van der Waals surface area contributed by atoms with Gasteiger partial charge in [0.2, 0.25) is 0 Å². The first kappa shape index (κ1) is 19.6. The zero-order valence-corrected chi connectivity index (χ0v) is 17.2. The lowest BCUT2D eigenvalue weighted by molar-refractivity contribution is 0.0747. The summed E-state index contributed by atoms with van der Waals surface area (Å²) in [6, 6.07) is 13.8. The third-order valence-corrected chi connectivity index (χ3v) is 5.56. The van der Waals surface area contributed by atoms with E-state index in [2.05, 4.69) is 48.8 Å². The molecule has 2 aromatic rings. The van der Waals surface area contributed by atoms with Crippen molar-refractivity contribution in [3.8, 4) is 0 Å². The number of benzene rings is 2. The molecule has 1 aliphatic rings. The van der Waals surface area contributed by atoms with Gasteiger partial charge in [0.25, 0.3) is 5.91 Å². The highest BCUT2D eigenvalue weighted by Gasteiger charge is 2.23. The van der Waals surface area contributed by atoms with Crippen molar-refractivity contribution in [2.45, 2.75) is 20.8 Å². The molecule has 1 heterocycles. The Morgan fingerprint density at radius 3 is 2.19 bits per heavy atom. The van der Waals surface area contributed by atoms with E-state index >= 15 is 0 Å². The normalized spacial score (nSPS) is 14.4. The van der Waals surface area contributed by atoms with Crippen molar-refractivity contribution in [2.24, 2.45) is 0 Å². The molecule has 1 aliphatic heterocycles. The molecule has 3 rings (SSSR count). The Labute approximate surface area is 167 Å². The lowest BCUT2D eigenvalue weighted by Gasteiger charge is -2.37. The molecule has 27 heavy (non-hydrogen) atoms. The summed E-state index contributed by atoms with van der Waals surface area (Å²) in [5.41, 5.74) is 4.53. The van der Waals surface area contributed by atoms with Gasteiger partial charge < -0.3 is 14.7 Å². The van der Waals surface area contributed by atoms with Crippen LogP contribution in [0.5, 0.6) is 0 Å². The summed E-state index contributed by atoms with van der Waals surface area (Å²) in [6.07, 6.45) is 0. The number of halogens is 1. The number of hydrogen-bond acceptors (Lipinski definition) is 3. The Bertz CT molecular complexity index is 779. The van der Waals surface area contributed by atoms with Crippen LogP contribution < -0.4 is 9.80 Å². The number of aryl methyl sites for hydroxylation is 1. The van der Waals surface area contributed by atoms with Gasteiger partial charge in [-0.15, -0.1) is 0 Å². The van der Waals surface area contributed by atoms with Crippen LogP contribution in [0.15, 0.2) is 42.5 Å². The highest BCUT2D eigenvalue weighted by Crippen LogP contribution is 2.27. The maximum Gasteiger partial charge on any atom is 0.253 e. The Morgan fingerprint density at radius 2 is 1.63 bits per heavy atom. The fourth-order valence-corrected chi connectivity index (χ4v) is 3.83. The molecule has 1 saturated heterocycles. The van der Waals surface area contributed by atoms with Crippen molar-refractivity contribution in [1.82, 2.24) is 4.90 Å². The van der Waals surface area contributed by atoms with E-state index in [4.69, 9.17) is 11.6 Å². The molecule has 1 amide bonds. The largest absolute Gasteiger partial charge is 0.372 e. The predicted octanol–water partition coefficient (Wildman–Crippen LogP) is 4.46. The second kappa shape index (κ2) is 8.66. The third kappa shape index (κ3) is 4.38. The van der Waals surface area contributed by atoms with Gasteiger partial charge in [0.15, 0.2) is 0 Å². The molecular weight excluding hydrogens is 358 g/mol. The molecular formula is C22H28ClN3O. The predicted molar refractivity (Wildman–Crippen MR) is 114 cm³/mol. The topological polar surface area (TPSA) is 26.8 Å².